The molecule has 31 heavy (non-hydrogen) atoms. The topological polar surface area (TPSA) is 101 Å². The number of carbonyl (C=O) groups excluding carboxylic acids is 2. The van der Waals surface area contributed by atoms with Gasteiger partial charge >= 0.3 is 12.1 Å². The Morgan fingerprint density at radius 2 is 1.90 bits per heavy atom. The molecule has 0 atom stereocenters. The van der Waals surface area contributed by atoms with E-state index in [0.29, 0.717) is 33.4 Å². The van der Waals surface area contributed by atoms with E-state index in [-0.39, 0.29) is 12.1 Å². The minimum Gasteiger partial charge on any atom is -0.447 e. The van der Waals surface area contributed by atoms with Gasteiger partial charge in [-0.1, -0.05) is 11.6 Å². The van der Waals surface area contributed by atoms with Crippen LogP contribution >= 0.6 is 11.6 Å². The summed E-state index contributed by atoms with van der Waals surface area (Å²) in [5.41, 5.74) is 2.37. The summed E-state index contributed by atoms with van der Waals surface area (Å²) in [6.07, 6.45) is 6.22. The summed E-state index contributed by atoms with van der Waals surface area (Å²) < 4.78 is 6.77. The number of halogens is 1. The van der Waals surface area contributed by atoms with Gasteiger partial charge in [0.1, 0.15) is 0 Å². The maximum Gasteiger partial charge on any atom is 0.411 e. The van der Waals surface area contributed by atoms with Gasteiger partial charge in [-0.25, -0.2) is 19.6 Å². The van der Waals surface area contributed by atoms with Crippen LogP contribution in [0.15, 0.2) is 36.8 Å². The summed E-state index contributed by atoms with van der Waals surface area (Å²) in [6, 6.07) is 5.16. The van der Waals surface area contributed by atoms with Crippen LogP contribution in [0.5, 0.6) is 0 Å². The first-order valence-electron chi connectivity index (χ1n) is 10.1. The Kier molecular flexibility index (Phi) is 5.94. The number of nitrogens with zero attached hydrogens (tertiary/aromatic N) is 4. The van der Waals surface area contributed by atoms with Gasteiger partial charge < -0.3 is 15.0 Å². The van der Waals surface area contributed by atoms with Crippen molar-refractivity contribution < 1.29 is 14.3 Å². The molecule has 3 amide bonds. The Bertz CT molecular complexity index is 1120. The van der Waals surface area contributed by atoms with Crippen LogP contribution in [0.25, 0.3) is 17.0 Å². The Labute approximate surface area is 184 Å². The highest BCUT2D eigenvalue weighted by atomic mass is 35.5. The van der Waals surface area contributed by atoms with E-state index in [1.807, 2.05) is 0 Å². The molecule has 1 aliphatic rings. The molecular weight excluding hydrogens is 420 g/mol. The highest BCUT2D eigenvalue weighted by Crippen LogP contribution is 2.30. The third-order valence-electron chi connectivity index (χ3n) is 4.79. The molecule has 9 nitrogen and oxygen atoms in total. The molecule has 3 heterocycles. The minimum atomic E-state index is -0.555. The number of fused-ring (bicyclic) bond motifs is 1. The first-order chi connectivity index (χ1) is 14.9. The van der Waals surface area contributed by atoms with Crippen molar-refractivity contribution in [3.8, 4) is 11.3 Å². The van der Waals surface area contributed by atoms with Gasteiger partial charge in [0.2, 0.25) is 5.78 Å². The van der Waals surface area contributed by atoms with E-state index in [0.717, 1.165) is 25.9 Å². The monoisotopic (exact) mass is 442 g/mol. The van der Waals surface area contributed by atoms with Crippen molar-refractivity contribution in [1.82, 2.24) is 19.3 Å². The number of hydrogen-bond donors (Lipinski definition) is 2. The number of benzene rings is 1. The molecule has 2 N–H and O–H groups in total. The van der Waals surface area contributed by atoms with Crippen LogP contribution < -0.4 is 10.6 Å². The third-order valence-corrected chi connectivity index (χ3v) is 5.12. The van der Waals surface area contributed by atoms with Crippen LogP contribution in [0.3, 0.4) is 0 Å². The van der Waals surface area contributed by atoms with Crippen molar-refractivity contribution in [2.45, 2.75) is 32.8 Å². The number of anilines is 2. The lowest BCUT2D eigenvalue weighted by atomic mass is 10.1. The smallest absolute Gasteiger partial charge is 0.411 e. The SMILES string of the molecule is CC(C)OC(=O)Nc1cnc2nc(-c3cc(NC(=O)N4CCCC4)ccc3Cl)cn2c1. The molecule has 1 saturated heterocycles. The standard InChI is InChI=1S/C21H23ClN6O3/c1-13(2)31-21(30)25-15-10-23-19-26-18(12-28(19)11-15)16-9-14(5-6-17(16)22)24-20(29)27-7-3-4-8-27/h5-6,9-13H,3-4,7-8H2,1-2H3,(H,24,29)(H,25,30). The van der Waals surface area contributed by atoms with Gasteiger partial charge in [0, 0.05) is 36.7 Å². The molecule has 1 aliphatic heterocycles. The van der Waals surface area contributed by atoms with Gasteiger partial charge in [0.25, 0.3) is 0 Å². The van der Waals surface area contributed by atoms with Crippen LogP contribution in [0.1, 0.15) is 26.7 Å². The minimum absolute atomic E-state index is 0.119. The van der Waals surface area contributed by atoms with E-state index in [1.165, 1.54) is 6.20 Å². The lowest BCUT2D eigenvalue weighted by Crippen LogP contribution is -2.32. The lowest BCUT2D eigenvalue weighted by molar-refractivity contribution is 0.130. The first kappa shape index (κ1) is 20.9. The predicted molar refractivity (Wildman–Crippen MR) is 118 cm³/mol. The van der Waals surface area contributed by atoms with E-state index in [4.69, 9.17) is 16.3 Å². The molecule has 0 spiro atoms. The van der Waals surface area contributed by atoms with Crippen LogP contribution in [-0.2, 0) is 4.74 Å². The number of urea groups is 1. The lowest BCUT2D eigenvalue weighted by Gasteiger charge is -2.16. The Hall–Kier alpha value is -3.33. The number of rotatable bonds is 4. The van der Waals surface area contributed by atoms with Crippen molar-refractivity contribution in [3.63, 3.8) is 0 Å². The second-order valence-corrected chi connectivity index (χ2v) is 7.98. The second kappa shape index (κ2) is 8.81. The number of hydrogen-bond acceptors (Lipinski definition) is 5. The number of aromatic nitrogens is 3. The second-order valence-electron chi connectivity index (χ2n) is 7.57. The molecule has 0 aliphatic carbocycles. The van der Waals surface area contributed by atoms with E-state index in [1.54, 1.807) is 53.7 Å². The van der Waals surface area contributed by atoms with Crippen molar-refractivity contribution >= 4 is 40.9 Å². The predicted octanol–water partition coefficient (Wildman–Crippen LogP) is 4.63. The molecular formula is C21H23ClN6O3. The quantitative estimate of drug-likeness (QED) is 0.613. The maximum absolute atomic E-state index is 12.4. The summed E-state index contributed by atoms with van der Waals surface area (Å²) in [7, 11) is 0. The molecule has 1 aromatic carbocycles. The molecule has 0 bridgehead atoms. The summed E-state index contributed by atoms with van der Waals surface area (Å²) in [4.78, 5) is 34.8. The first-order valence-corrected chi connectivity index (χ1v) is 10.4. The Morgan fingerprint density at radius 3 is 2.65 bits per heavy atom. The third kappa shape index (κ3) is 4.88. The maximum atomic E-state index is 12.4. The molecule has 10 heteroatoms. The van der Waals surface area contributed by atoms with Crippen molar-refractivity contribution in [1.29, 1.82) is 0 Å². The van der Waals surface area contributed by atoms with Crippen LogP contribution in [0.4, 0.5) is 21.0 Å². The highest BCUT2D eigenvalue weighted by Gasteiger charge is 2.18. The fraction of sp³-hybridized carbons (Fsp3) is 0.333. The largest absolute Gasteiger partial charge is 0.447 e. The molecule has 0 radical (unpaired) electrons. The molecule has 0 unspecified atom stereocenters. The average Bonchev–Trinajstić information content (AvgIpc) is 3.38. The van der Waals surface area contributed by atoms with Gasteiger partial charge in [0.15, 0.2) is 0 Å². The molecule has 0 saturated carbocycles. The van der Waals surface area contributed by atoms with Crippen molar-refractivity contribution in [2.24, 2.45) is 0 Å². The number of likely N-dealkylation sites (tertiary alicyclic amines) is 1. The van der Waals surface area contributed by atoms with E-state index in [2.05, 4.69) is 20.6 Å². The molecule has 4 rings (SSSR count). The van der Waals surface area contributed by atoms with E-state index >= 15 is 0 Å². The number of carbonyl (C=O) groups is 2. The molecule has 3 aromatic rings. The normalized spacial score (nSPS) is 13.6. The Morgan fingerprint density at radius 1 is 1.13 bits per heavy atom. The van der Waals surface area contributed by atoms with Crippen LogP contribution in [0.2, 0.25) is 5.02 Å². The zero-order valence-electron chi connectivity index (χ0n) is 17.3. The van der Waals surface area contributed by atoms with Gasteiger partial charge in [-0.2, -0.15) is 0 Å². The number of ether oxygens (including phenoxy) is 1. The molecule has 1 fully saturated rings. The van der Waals surface area contributed by atoms with Gasteiger partial charge in [-0.05, 0) is 44.9 Å². The van der Waals surface area contributed by atoms with Gasteiger partial charge in [0.05, 0.1) is 28.7 Å². The zero-order chi connectivity index (χ0) is 22.0. The molecule has 2 aromatic heterocycles. The van der Waals surface area contributed by atoms with Gasteiger partial charge in [-0.15, -0.1) is 0 Å². The zero-order valence-corrected chi connectivity index (χ0v) is 18.0. The summed E-state index contributed by atoms with van der Waals surface area (Å²) in [6.45, 7) is 5.08. The summed E-state index contributed by atoms with van der Waals surface area (Å²) >= 11 is 6.40. The number of amides is 3. The highest BCUT2D eigenvalue weighted by molar-refractivity contribution is 6.33. The van der Waals surface area contributed by atoms with Crippen molar-refractivity contribution in [3.05, 3.63) is 41.8 Å². The van der Waals surface area contributed by atoms with Crippen LogP contribution in [-0.4, -0.2) is 50.6 Å². The number of nitrogens with one attached hydrogen (secondary N) is 2. The van der Waals surface area contributed by atoms with E-state index < -0.39 is 6.09 Å². The summed E-state index contributed by atoms with van der Waals surface area (Å²) in [5.74, 6) is 0.445. The summed E-state index contributed by atoms with van der Waals surface area (Å²) in [5, 5.41) is 6.05. The van der Waals surface area contributed by atoms with Crippen molar-refractivity contribution in [2.75, 3.05) is 23.7 Å². The number of imidazole rings is 1. The van der Waals surface area contributed by atoms with Crippen LogP contribution in [0, 0.1) is 0 Å². The van der Waals surface area contributed by atoms with Gasteiger partial charge in [-0.3, -0.25) is 9.72 Å². The fourth-order valence-corrected chi connectivity index (χ4v) is 3.58. The molecule has 162 valence electrons. The fourth-order valence-electron chi connectivity index (χ4n) is 3.36. The Balaban J connectivity index is 1.56. The van der Waals surface area contributed by atoms with E-state index in [9.17, 15) is 9.59 Å². The average molecular weight is 443 g/mol.